The number of hydrogen-bond donors (Lipinski definition) is 1. The molecule has 3 aromatic rings. The van der Waals surface area contributed by atoms with Gasteiger partial charge in [0.1, 0.15) is 11.5 Å². The molecule has 1 amide bonds. The SMILES string of the molecule is O=C(Cc1ccsc1)NCc1ccc(-c2cccs2)o1. The molecule has 5 heteroatoms. The Morgan fingerprint density at radius 3 is 2.90 bits per heavy atom. The molecule has 3 rings (SSSR count). The van der Waals surface area contributed by atoms with Crippen molar-refractivity contribution in [3.8, 4) is 10.6 Å². The normalized spacial score (nSPS) is 10.6. The molecule has 0 radical (unpaired) electrons. The number of hydrogen-bond acceptors (Lipinski definition) is 4. The summed E-state index contributed by atoms with van der Waals surface area (Å²) in [5, 5.41) is 8.85. The summed E-state index contributed by atoms with van der Waals surface area (Å²) in [6.07, 6.45) is 0.419. The lowest BCUT2D eigenvalue weighted by Gasteiger charge is -2.01. The molecule has 0 fully saturated rings. The highest BCUT2D eigenvalue weighted by Gasteiger charge is 2.08. The Morgan fingerprint density at radius 2 is 2.15 bits per heavy atom. The van der Waals surface area contributed by atoms with Gasteiger partial charge in [-0.05, 0) is 46.0 Å². The molecule has 102 valence electrons. The first kappa shape index (κ1) is 13.1. The Bertz CT molecular complexity index is 669. The second-order valence-corrected chi connectivity index (χ2v) is 6.06. The van der Waals surface area contributed by atoms with Crippen LogP contribution in [0.25, 0.3) is 10.6 Å². The van der Waals surface area contributed by atoms with Crippen LogP contribution >= 0.6 is 22.7 Å². The smallest absolute Gasteiger partial charge is 0.224 e. The largest absolute Gasteiger partial charge is 0.458 e. The molecule has 0 aliphatic rings. The Hall–Kier alpha value is -1.85. The minimum atomic E-state index is 0.0115. The van der Waals surface area contributed by atoms with E-state index in [1.54, 1.807) is 22.7 Å². The van der Waals surface area contributed by atoms with Crippen LogP contribution in [0.15, 0.2) is 50.9 Å². The molecule has 0 saturated heterocycles. The molecule has 0 atom stereocenters. The van der Waals surface area contributed by atoms with Gasteiger partial charge in [-0.25, -0.2) is 0 Å². The van der Waals surface area contributed by atoms with Gasteiger partial charge in [-0.15, -0.1) is 11.3 Å². The molecule has 0 spiro atoms. The van der Waals surface area contributed by atoms with E-state index in [0.29, 0.717) is 13.0 Å². The Morgan fingerprint density at radius 1 is 1.20 bits per heavy atom. The van der Waals surface area contributed by atoms with Crippen molar-refractivity contribution in [3.63, 3.8) is 0 Å². The lowest BCUT2D eigenvalue weighted by molar-refractivity contribution is -0.120. The van der Waals surface area contributed by atoms with Gasteiger partial charge in [0.15, 0.2) is 0 Å². The van der Waals surface area contributed by atoms with Crippen molar-refractivity contribution < 1.29 is 9.21 Å². The van der Waals surface area contributed by atoms with Crippen LogP contribution < -0.4 is 5.32 Å². The van der Waals surface area contributed by atoms with Gasteiger partial charge in [-0.1, -0.05) is 6.07 Å². The van der Waals surface area contributed by atoms with E-state index < -0.39 is 0 Å². The maximum absolute atomic E-state index is 11.8. The highest BCUT2D eigenvalue weighted by Crippen LogP contribution is 2.26. The summed E-state index contributed by atoms with van der Waals surface area (Å²) in [5.74, 6) is 1.63. The van der Waals surface area contributed by atoms with E-state index in [0.717, 1.165) is 22.0 Å². The molecule has 20 heavy (non-hydrogen) atoms. The summed E-state index contributed by atoms with van der Waals surface area (Å²) in [7, 11) is 0. The third-order valence-electron chi connectivity index (χ3n) is 2.83. The van der Waals surface area contributed by atoms with Crippen LogP contribution in [-0.2, 0) is 17.8 Å². The van der Waals surface area contributed by atoms with Crippen LogP contribution in [0.2, 0.25) is 0 Å². The van der Waals surface area contributed by atoms with E-state index in [4.69, 9.17) is 4.42 Å². The van der Waals surface area contributed by atoms with Crippen LogP contribution in [0.4, 0.5) is 0 Å². The van der Waals surface area contributed by atoms with Crippen molar-refractivity contribution in [1.29, 1.82) is 0 Å². The van der Waals surface area contributed by atoms with Gasteiger partial charge in [0.05, 0.1) is 17.8 Å². The maximum atomic E-state index is 11.8. The predicted octanol–water partition coefficient (Wildman–Crippen LogP) is 3.93. The van der Waals surface area contributed by atoms with Gasteiger partial charge in [0, 0.05) is 0 Å². The fraction of sp³-hybridized carbons (Fsp3) is 0.133. The fourth-order valence-electron chi connectivity index (χ4n) is 1.85. The molecule has 0 aliphatic carbocycles. The van der Waals surface area contributed by atoms with Crippen LogP contribution in [0.1, 0.15) is 11.3 Å². The fourth-order valence-corrected chi connectivity index (χ4v) is 3.21. The molecule has 0 saturated carbocycles. The molecular weight excluding hydrogens is 290 g/mol. The lowest BCUT2D eigenvalue weighted by Crippen LogP contribution is -2.24. The van der Waals surface area contributed by atoms with E-state index in [2.05, 4.69) is 5.32 Å². The van der Waals surface area contributed by atoms with E-state index >= 15 is 0 Å². The summed E-state index contributed by atoms with van der Waals surface area (Å²) in [6.45, 7) is 0.425. The Labute approximate surface area is 124 Å². The van der Waals surface area contributed by atoms with Gasteiger partial charge >= 0.3 is 0 Å². The number of rotatable bonds is 5. The van der Waals surface area contributed by atoms with Crippen molar-refractivity contribution in [2.24, 2.45) is 0 Å². The molecule has 3 heterocycles. The summed E-state index contributed by atoms with van der Waals surface area (Å²) in [5.41, 5.74) is 1.05. The van der Waals surface area contributed by atoms with Crippen molar-refractivity contribution in [2.45, 2.75) is 13.0 Å². The monoisotopic (exact) mass is 303 g/mol. The first-order chi connectivity index (χ1) is 9.81. The summed E-state index contributed by atoms with van der Waals surface area (Å²) in [6, 6.07) is 9.81. The lowest BCUT2D eigenvalue weighted by atomic mass is 10.2. The Balaban J connectivity index is 1.55. The Kier molecular flexibility index (Phi) is 3.99. The summed E-state index contributed by atoms with van der Waals surface area (Å²) < 4.78 is 5.71. The van der Waals surface area contributed by atoms with Crippen molar-refractivity contribution in [2.75, 3.05) is 0 Å². The zero-order valence-corrected chi connectivity index (χ0v) is 12.3. The van der Waals surface area contributed by atoms with Crippen molar-refractivity contribution in [3.05, 3.63) is 57.8 Å². The van der Waals surface area contributed by atoms with Crippen LogP contribution in [0, 0.1) is 0 Å². The molecule has 0 aromatic carbocycles. The minimum absolute atomic E-state index is 0.0115. The molecule has 0 unspecified atom stereocenters. The number of nitrogens with one attached hydrogen (secondary N) is 1. The third kappa shape index (κ3) is 3.18. The number of carbonyl (C=O) groups is 1. The summed E-state index contributed by atoms with van der Waals surface area (Å²) >= 11 is 3.24. The van der Waals surface area contributed by atoms with E-state index in [1.165, 1.54) is 0 Å². The number of amides is 1. The first-order valence-electron chi connectivity index (χ1n) is 6.21. The topological polar surface area (TPSA) is 42.2 Å². The van der Waals surface area contributed by atoms with Gasteiger partial charge in [0.2, 0.25) is 5.91 Å². The van der Waals surface area contributed by atoms with E-state index in [1.807, 2.05) is 46.5 Å². The van der Waals surface area contributed by atoms with Gasteiger partial charge in [0.25, 0.3) is 0 Å². The molecule has 0 aliphatic heterocycles. The number of thiophene rings is 2. The second kappa shape index (κ2) is 6.07. The average molecular weight is 303 g/mol. The zero-order chi connectivity index (χ0) is 13.8. The minimum Gasteiger partial charge on any atom is -0.458 e. The van der Waals surface area contributed by atoms with E-state index in [-0.39, 0.29) is 5.91 Å². The standard InChI is InChI=1S/C15H13NO2S2/c17-15(8-11-5-7-19-10-11)16-9-12-3-4-13(18-12)14-2-1-6-20-14/h1-7,10H,8-9H2,(H,16,17). The molecule has 3 aromatic heterocycles. The maximum Gasteiger partial charge on any atom is 0.224 e. The number of carbonyl (C=O) groups excluding carboxylic acids is 1. The van der Waals surface area contributed by atoms with Gasteiger partial charge in [-0.2, -0.15) is 11.3 Å². The number of furan rings is 1. The predicted molar refractivity (Wildman–Crippen MR) is 81.9 cm³/mol. The molecule has 0 bridgehead atoms. The van der Waals surface area contributed by atoms with Gasteiger partial charge < -0.3 is 9.73 Å². The van der Waals surface area contributed by atoms with Crippen LogP contribution in [0.5, 0.6) is 0 Å². The van der Waals surface area contributed by atoms with E-state index in [9.17, 15) is 4.79 Å². The molecule has 1 N–H and O–H groups in total. The zero-order valence-electron chi connectivity index (χ0n) is 10.7. The first-order valence-corrected chi connectivity index (χ1v) is 8.04. The quantitative estimate of drug-likeness (QED) is 0.776. The van der Waals surface area contributed by atoms with Gasteiger partial charge in [-0.3, -0.25) is 4.79 Å². The highest BCUT2D eigenvalue weighted by molar-refractivity contribution is 7.13. The van der Waals surface area contributed by atoms with Crippen molar-refractivity contribution in [1.82, 2.24) is 5.32 Å². The third-order valence-corrected chi connectivity index (χ3v) is 4.45. The second-order valence-electron chi connectivity index (χ2n) is 4.33. The summed E-state index contributed by atoms with van der Waals surface area (Å²) in [4.78, 5) is 12.9. The molecular formula is C15H13NO2S2. The van der Waals surface area contributed by atoms with Crippen LogP contribution in [-0.4, -0.2) is 5.91 Å². The molecule has 3 nitrogen and oxygen atoms in total. The average Bonchev–Trinajstić information content (AvgIpc) is 3.18. The van der Waals surface area contributed by atoms with Crippen LogP contribution in [0.3, 0.4) is 0 Å². The van der Waals surface area contributed by atoms with Crippen molar-refractivity contribution >= 4 is 28.6 Å². The highest BCUT2D eigenvalue weighted by atomic mass is 32.1.